The summed E-state index contributed by atoms with van der Waals surface area (Å²) in [7, 11) is 0. The van der Waals surface area contributed by atoms with Crippen LogP contribution in [0.3, 0.4) is 0 Å². The number of nitrogens with zero attached hydrogens (tertiary/aromatic N) is 3. The van der Waals surface area contributed by atoms with Gasteiger partial charge < -0.3 is 15.0 Å². The van der Waals surface area contributed by atoms with Gasteiger partial charge >= 0.3 is 0 Å². The maximum Gasteiger partial charge on any atom is 0.234 e. The average molecular weight is 465 g/mol. The highest BCUT2D eigenvalue weighted by Crippen LogP contribution is 2.30. The van der Waals surface area contributed by atoms with Crippen LogP contribution in [0.25, 0.3) is 11.4 Å². The summed E-state index contributed by atoms with van der Waals surface area (Å²) in [5, 5.41) is 22.8. The van der Waals surface area contributed by atoms with Gasteiger partial charge in [-0.2, -0.15) is 0 Å². The molecule has 0 aliphatic carbocycles. The second-order valence-electron chi connectivity index (χ2n) is 7.03. The molecule has 6 nitrogen and oxygen atoms in total. The third kappa shape index (κ3) is 5.30. The molecule has 0 aliphatic rings. The van der Waals surface area contributed by atoms with Crippen LogP contribution in [0.15, 0.2) is 84.0 Å². The molecule has 3 aromatic carbocycles. The number of aromatic nitrogens is 3. The molecule has 8 heteroatoms. The zero-order valence-corrected chi connectivity index (χ0v) is 18.7. The molecule has 2 N–H and O–H groups in total. The number of rotatable bonds is 8. The van der Waals surface area contributed by atoms with Gasteiger partial charge in [0.15, 0.2) is 11.0 Å². The molecule has 0 unspecified atom stereocenters. The van der Waals surface area contributed by atoms with E-state index in [4.69, 9.17) is 11.6 Å². The Kier molecular flexibility index (Phi) is 7.09. The fraction of sp³-hybridized carbons (Fsp3) is 0.125. The second-order valence-corrected chi connectivity index (χ2v) is 8.38. The third-order valence-corrected chi connectivity index (χ3v) is 6.11. The van der Waals surface area contributed by atoms with Crippen molar-refractivity contribution in [3.63, 3.8) is 0 Å². The Balaban J connectivity index is 1.53. The summed E-state index contributed by atoms with van der Waals surface area (Å²) in [4.78, 5) is 12.5. The molecule has 4 aromatic rings. The van der Waals surface area contributed by atoms with Crippen molar-refractivity contribution in [1.82, 2.24) is 14.8 Å². The van der Waals surface area contributed by atoms with Gasteiger partial charge in [-0.25, -0.2) is 0 Å². The molecule has 1 amide bonds. The Labute approximate surface area is 195 Å². The lowest BCUT2D eigenvalue weighted by Crippen LogP contribution is -2.15. The van der Waals surface area contributed by atoms with Gasteiger partial charge in [0, 0.05) is 6.54 Å². The van der Waals surface area contributed by atoms with Gasteiger partial charge in [-0.1, -0.05) is 78.0 Å². The van der Waals surface area contributed by atoms with Crippen LogP contribution in [0.1, 0.15) is 5.56 Å². The average Bonchev–Trinajstić information content (AvgIpc) is 3.21. The third-order valence-electron chi connectivity index (χ3n) is 4.81. The number of carbonyl (C=O) groups excluding carboxylic acids is 1. The van der Waals surface area contributed by atoms with Crippen LogP contribution in [-0.4, -0.2) is 31.5 Å². The number of benzene rings is 3. The number of thioether (sulfide) groups is 1. The van der Waals surface area contributed by atoms with E-state index < -0.39 is 0 Å². The molecule has 1 aromatic heterocycles. The van der Waals surface area contributed by atoms with Crippen LogP contribution in [-0.2, 0) is 17.8 Å². The van der Waals surface area contributed by atoms with Crippen LogP contribution in [0, 0.1) is 0 Å². The first-order chi connectivity index (χ1) is 15.6. The number of phenolic OH excluding ortho intramolecular Hbond substituents is 1. The standard InChI is InChI=1S/C24H21ClN4O2S/c25-19-11-5-6-12-20(19)26-22(31)16-32-24-28-27-23(18-10-4-7-13-21(18)30)29(24)15-14-17-8-2-1-3-9-17/h1-13,30H,14-16H2,(H,26,31). The normalized spacial score (nSPS) is 10.8. The molecule has 0 saturated carbocycles. The molecule has 162 valence electrons. The van der Waals surface area contributed by atoms with E-state index in [0.29, 0.717) is 33.8 Å². The number of carbonyl (C=O) groups is 1. The van der Waals surface area contributed by atoms with Gasteiger partial charge in [-0.3, -0.25) is 4.79 Å². The van der Waals surface area contributed by atoms with Crippen LogP contribution >= 0.6 is 23.4 Å². The van der Waals surface area contributed by atoms with Gasteiger partial charge in [-0.15, -0.1) is 10.2 Å². The topological polar surface area (TPSA) is 80.0 Å². The van der Waals surface area contributed by atoms with Gasteiger partial charge in [0.2, 0.25) is 5.91 Å². The predicted molar refractivity (Wildman–Crippen MR) is 128 cm³/mol. The Hall–Kier alpha value is -3.29. The minimum Gasteiger partial charge on any atom is -0.507 e. The lowest BCUT2D eigenvalue weighted by atomic mass is 10.1. The second kappa shape index (κ2) is 10.3. The lowest BCUT2D eigenvalue weighted by molar-refractivity contribution is -0.113. The van der Waals surface area contributed by atoms with Crippen LogP contribution < -0.4 is 5.32 Å². The van der Waals surface area contributed by atoms with E-state index in [2.05, 4.69) is 27.6 Å². The number of hydrogen-bond acceptors (Lipinski definition) is 5. The first kappa shape index (κ1) is 21.9. The maximum atomic E-state index is 12.5. The van der Waals surface area contributed by atoms with E-state index in [0.717, 1.165) is 6.42 Å². The Bertz CT molecular complexity index is 1210. The highest BCUT2D eigenvalue weighted by molar-refractivity contribution is 7.99. The van der Waals surface area contributed by atoms with E-state index >= 15 is 0 Å². The number of aryl methyl sites for hydroxylation is 1. The summed E-state index contributed by atoms with van der Waals surface area (Å²) in [6, 6.07) is 24.2. The Morgan fingerprint density at radius 2 is 1.69 bits per heavy atom. The number of anilines is 1. The smallest absolute Gasteiger partial charge is 0.234 e. The van der Waals surface area contributed by atoms with Crippen molar-refractivity contribution in [2.45, 2.75) is 18.1 Å². The summed E-state index contributed by atoms with van der Waals surface area (Å²) < 4.78 is 1.94. The summed E-state index contributed by atoms with van der Waals surface area (Å²) in [5.74, 6) is 0.655. The van der Waals surface area contributed by atoms with Crippen molar-refractivity contribution in [3.05, 3.63) is 89.4 Å². The number of aromatic hydroxyl groups is 1. The van der Waals surface area contributed by atoms with Gasteiger partial charge in [-0.05, 0) is 36.2 Å². The fourth-order valence-corrected chi connectivity index (χ4v) is 4.17. The maximum absolute atomic E-state index is 12.5. The molecule has 0 atom stereocenters. The van der Waals surface area contributed by atoms with Crippen LogP contribution in [0.5, 0.6) is 5.75 Å². The van der Waals surface area contributed by atoms with E-state index in [1.54, 1.807) is 30.3 Å². The van der Waals surface area contributed by atoms with Crippen molar-refractivity contribution in [3.8, 4) is 17.1 Å². The first-order valence-corrected chi connectivity index (χ1v) is 11.4. The molecule has 0 fully saturated rings. The van der Waals surface area contributed by atoms with Gasteiger partial charge in [0.05, 0.1) is 22.0 Å². The van der Waals surface area contributed by atoms with Crippen LogP contribution in [0.4, 0.5) is 5.69 Å². The van der Waals surface area contributed by atoms with E-state index in [-0.39, 0.29) is 17.4 Å². The van der Waals surface area contributed by atoms with Crippen molar-refractivity contribution >= 4 is 35.0 Å². The minimum atomic E-state index is -0.190. The monoisotopic (exact) mass is 464 g/mol. The Morgan fingerprint density at radius 1 is 0.969 bits per heavy atom. The molecule has 0 aliphatic heterocycles. The summed E-state index contributed by atoms with van der Waals surface area (Å²) in [6.45, 7) is 0.606. The predicted octanol–water partition coefficient (Wildman–Crippen LogP) is 5.28. The highest BCUT2D eigenvalue weighted by atomic mass is 35.5. The summed E-state index contributed by atoms with van der Waals surface area (Å²) >= 11 is 7.41. The molecule has 32 heavy (non-hydrogen) atoms. The van der Waals surface area contributed by atoms with Gasteiger partial charge in [0.25, 0.3) is 0 Å². The Morgan fingerprint density at radius 3 is 2.47 bits per heavy atom. The van der Waals surface area contributed by atoms with E-state index in [1.807, 2.05) is 41.0 Å². The largest absolute Gasteiger partial charge is 0.507 e. The molecule has 0 spiro atoms. The zero-order chi connectivity index (χ0) is 22.3. The molecular weight excluding hydrogens is 444 g/mol. The fourth-order valence-electron chi connectivity index (χ4n) is 3.22. The van der Waals surface area contributed by atoms with Crippen LogP contribution in [0.2, 0.25) is 5.02 Å². The van der Waals surface area contributed by atoms with Crippen molar-refractivity contribution in [1.29, 1.82) is 0 Å². The zero-order valence-electron chi connectivity index (χ0n) is 17.1. The molecule has 1 heterocycles. The molecule has 0 bridgehead atoms. The number of hydrogen-bond donors (Lipinski definition) is 2. The molecular formula is C24H21ClN4O2S. The number of phenols is 1. The number of nitrogens with one attached hydrogen (secondary N) is 1. The van der Waals surface area contributed by atoms with Crippen molar-refractivity contribution < 1.29 is 9.90 Å². The number of halogens is 1. The first-order valence-electron chi connectivity index (χ1n) is 10.0. The van der Waals surface area contributed by atoms with Crippen molar-refractivity contribution in [2.75, 3.05) is 11.1 Å². The number of para-hydroxylation sites is 2. The number of amides is 1. The van der Waals surface area contributed by atoms with E-state index in [1.165, 1.54) is 17.3 Å². The summed E-state index contributed by atoms with van der Waals surface area (Å²) in [6.07, 6.45) is 0.763. The highest BCUT2D eigenvalue weighted by Gasteiger charge is 2.18. The minimum absolute atomic E-state index is 0.133. The molecule has 0 radical (unpaired) electrons. The van der Waals surface area contributed by atoms with Crippen molar-refractivity contribution in [2.24, 2.45) is 0 Å². The molecule has 4 rings (SSSR count). The molecule has 0 saturated heterocycles. The van der Waals surface area contributed by atoms with Gasteiger partial charge in [0.1, 0.15) is 5.75 Å². The quantitative estimate of drug-likeness (QED) is 0.347. The SMILES string of the molecule is O=C(CSc1nnc(-c2ccccc2O)n1CCc1ccccc1)Nc1ccccc1Cl. The summed E-state index contributed by atoms with van der Waals surface area (Å²) in [5.41, 5.74) is 2.34. The van der Waals surface area contributed by atoms with E-state index in [9.17, 15) is 9.90 Å². The lowest BCUT2D eigenvalue weighted by Gasteiger charge is -2.11.